The number of nitrogens with one attached hydrogen (secondary N) is 2. The molecule has 3 N–H and O–H groups in total. The van der Waals surface area contributed by atoms with Gasteiger partial charge in [-0.25, -0.2) is 9.59 Å². The van der Waals surface area contributed by atoms with Gasteiger partial charge in [0.05, 0.1) is 0 Å². The van der Waals surface area contributed by atoms with E-state index >= 15 is 0 Å². The number of fused-ring (bicyclic) bond motifs is 3. The van der Waals surface area contributed by atoms with Crippen LogP contribution in [-0.4, -0.2) is 41.8 Å². The van der Waals surface area contributed by atoms with Crippen molar-refractivity contribution in [2.75, 3.05) is 6.61 Å². The van der Waals surface area contributed by atoms with Crippen molar-refractivity contribution < 1.29 is 24.2 Å². The second kappa shape index (κ2) is 9.42. The van der Waals surface area contributed by atoms with Crippen LogP contribution in [0.2, 0.25) is 0 Å². The number of rotatable bonds is 7. The van der Waals surface area contributed by atoms with Gasteiger partial charge in [0.2, 0.25) is 5.91 Å². The molecule has 2 amide bonds. The molecule has 7 heteroatoms. The lowest BCUT2D eigenvalue weighted by Gasteiger charge is -2.31. The highest BCUT2D eigenvalue weighted by molar-refractivity contribution is 5.89. The fourth-order valence-corrected chi connectivity index (χ4v) is 4.03. The highest BCUT2D eigenvalue weighted by Crippen LogP contribution is 2.44. The van der Waals surface area contributed by atoms with Crippen LogP contribution < -0.4 is 10.6 Å². The Balaban J connectivity index is 1.70. The van der Waals surface area contributed by atoms with Crippen molar-refractivity contribution >= 4 is 18.0 Å². The summed E-state index contributed by atoms with van der Waals surface area (Å²) in [6.07, 6.45) is -0.478. The molecule has 2 aromatic rings. The first kappa shape index (κ1) is 23.3. The van der Waals surface area contributed by atoms with Crippen molar-refractivity contribution in [3.05, 3.63) is 59.7 Å². The van der Waals surface area contributed by atoms with Crippen molar-refractivity contribution in [2.24, 2.45) is 5.41 Å². The maximum Gasteiger partial charge on any atom is 0.407 e. The first-order valence-electron chi connectivity index (χ1n) is 10.8. The number of carbonyl (C=O) groups excluding carboxylic acids is 2. The number of aliphatic carboxylic acids is 1. The van der Waals surface area contributed by atoms with E-state index in [9.17, 15) is 19.5 Å². The molecule has 32 heavy (non-hydrogen) atoms. The summed E-state index contributed by atoms with van der Waals surface area (Å²) < 4.78 is 5.55. The third-order valence-electron chi connectivity index (χ3n) is 5.76. The molecule has 0 bridgehead atoms. The first-order valence-corrected chi connectivity index (χ1v) is 10.8. The lowest BCUT2D eigenvalue weighted by molar-refractivity contribution is -0.142. The van der Waals surface area contributed by atoms with Gasteiger partial charge in [0.15, 0.2) is 0 Å². The van der Waals surface area contributed by atoms with E-state index in [4.69, 9.17) is 4.74 Å². The average molecular weight is 439 g/mol. The van der Waals surface area contributed by atoms with Crippen LogP contribution in [0.4, 0.5) is 4.79 Å². The summed E-state index contributed by atoms with van der Waals surface area (Å²) in [5.74, 6) is -1.76. The summed E-state index contributed by atoms with van der Waals surface area (Å²) in [7, 11) is 0. The van der Waals surface area contributed by atoms with Crippen LogP contribution in [0, 0.1) is 5.41 Å². The molecule has 0 spiro atoms. The van der Waals surface area contributed by atoms with Gasteiger partial charge >= 0.3 is 12.1 Å². The zero-order valence-electron chi connectivity index (χ0n) is 18.8. The topological polar surface area (TPSA) is 105 Å². The third-order valence-corrected chi connectivity index (χ3v) is 5.76. The van der Waals surface area contributed by atoms with E-state index in [1.807, 2.05) is 36.4 Å². The first-order chi connectivity index (χ1) is 15.1. The Kier molecular flexibility index (Phi) is 6.87. The lowest BCUT2D eigenvalue weighted by Crippen LogP contribution is -2.56. The van der Waals surface area contributed by atoms with Gasteiger partial charge in [-0.3, -0.25) is 4.79 Å². The van der Waals surface area contributed by atoms with Gasteiger partial charge in [-0.2, -0.15) is 0 Å². The number of alkyl carbamates (subject to hydrolysis) is 1. The molecule has 0 fully saturated rings. The number of hydrogen-bond acceptors (Lipinski definition) is 4. The van der Waals surface area contributed by atoms with Crippen molar-refractivity contribution in [1.82, 2.24) is 10.6 Å². The van der Waals surface area contributed by atoms with E-state index < -0.39 is 35.5 Å². The summed E-state index contributed by atoms with van der Waals surface area (Å²) in [6.45, 7) is 7.18. The molecular formula is C25H30N2O5. The number of carboxylic acids is 1. The molecule has 2 atom stereocenters. The molecular weight excluding hydrogens is 408 g/mol. The zero-order valence-corrected chi connectivity index (χ0v) is 18.8. The lowest BCUT2D eigenvalue weighted by atomic mass is 9.86. The Morgan fingerprint density at radius 1 is 0.969 bits per heavy atom. The molecule has 0 radical (unpaired) electrons. The molecule has 1 aliphatic rings. The van der Waals surface area contributed by atoms with Gasteiger partial charge in [0.25, 0.3) is 0 Å². The van der Waals surface area contributed by atoms with Gasteiger partial charge in [-0.05, 0) is 34.1 Å². The predicted octanol–water partition coefficient (Wildman–Crippen LogP) is 3.92. The summed E-state index contributed by atoms with van der Waals surface area (Å²) >= 11 is 0. The quantitative estimate of drug-likeness (QED) is 0.608. The van der Waals surface area contributed by atoms with Gasteiger partial charge in [0, 0.05) is 5.92 Å². The molecule has 3 rings (SSSR count). The predicted molar refractivity (Wildman–Crippen MR) is 121 cm³/mol. The van der Waals surface area contributed by atoms with Gasteiger partial charge in [-0.15, -0.1) is 0 Å². The smallest absolute Gasteiger partial charge is 0.407 e. The zero-order chi connectivity index (χ0) is 23.5. The van der Waals surface area contributed by atoms with Gasteiger partial charge < -0.3 is 20.5 Å². The molecule has 0 aliphatic heterocycles. The van der Waals surface area contributed by atoms with Crippen LogP contribution >= 0.6 is 0 Å². The number of hydrogen-bond donors (Lipinski definition) is 3. The number of ether oxygens (including phenoxy) is 1. The minimum absolute atomic E-state index is 0.0912. The highest BCUT2D eigenvalue weighted by atomic mass is 16.5. The van der Waals surface area contributed by atoms with E-state index in [0.717, 1.165) is 22.3 Å². The SMILES string of the molecule is CC[C@H](NC(=O)[C@@H](NC(=O)OCC1c2ccccc2-c2ccccc21)C(C)(C)C)C(=O)O. The van der Waals surface area contributed by atoms with Crippen molar-refractivity contribution in [3.8, 4) is 11.1 Å². The van der Waals surface area contributed by atoms with Crippen LogP contribution in [0.25, 0.3) is 11.1 Å². The Morgan fingerprint density at radius 2 is 1.50 bits per heavy atom. The molecule has 0 saturated heterocycles. The van der Waals surface area contributed by atoms with Gasteiger partial charge in [0.1, 0.15) is 18.7 Å². The molecule has 2 aromatic carbocycles. The molecule has 170 valence electrons. The standard InChI is InChI=1S/C25H30N2O5/c1-5-20(23(29)30)26-22(28)21(25(2,3)4)27-24(31)32-14-19-17-12-8-6-10-15(17)16-11-7-9-13-18(16)19/h6-13,19-21H,5,14H2,1-4H3,(H,26,28)(H,27,31)(H,29,30)/t20-,21+/m0/s1. The fourth-order valence-electron chi connectivity index (χ4n) is 4.03. The molecule has 0 unspecified atom stereocenters. The number of carboxylic acid groups (broad SMARTS) is 1. The monoisotopic (exact) mass is 438 g/mol. The third kappa shape index (κ3) is 4.93. The van der Waals surface area contributed by atoms with E-state index in [1.165, 1.54) is 0 Å². The molecule has 0 saturated carbocycles. The molecule has 1 aliphatic carbocycles. The number of carbonyl (C=O) groups is 3. The van der Waals surface area contributed by atoms with Crippen molar-refractivity contribution in [1.29, 1.82) is 0 Å². The van der Waals surface area contributed by atoms with E-state index in [2.05, 4.69) is 22.8 Å². The summed E-state index contributed by atoms with van der Waals surface area (Å²) in [5.41, 5.74) is 3.80. The minimum atomic E-state index is -1.12. The molecule has 0 heterocycles. The van der Waals surface area contributed by atoms with Crippen LogP contribution in [0.5, 0.6) is 0 Å². The average Bonchev–Trinajstić information content (AvgIpc) is 3.07. The Morgan fingerprint density at radius 3 is 1.97 bits per heavy atom. The molecule has 0 aromatic heterocycles. The Labute approximate surface area is 188 Å². The van der Waals surface area contributed by atoms with Gasteiger partial charge in [-0.1, -0.05) is 76.2 Å². The van der Waals surface area contributed by atoms with E-state index in [0.29, 0.717) is 0 Å². The normalized spacial score (nSPS) is 14.6. The van der Waals surface area contributed by atoms with E-state index in [-0.39, 0.29) is 18.9 Å². The van der Waals surface area contributed by atoms with E-state index in [1.54, 1.807) is 27.7 Å². The summed E-state index contributed by atoms with van der Waals surface area (Å²) in [5, 5.41) is 14.4. The maximum atomic E-state index is 12.7. The van der Waals surface area contributed by atoms with Crippen LogP contribution in [0.15, 0.2) is 48.5 Å². The van der Waals surface area contributed by atoms with Crippen molar-refractivity contribution in [2.45, 2.75) is 52.1 Å². The highest BCUT2D eigenvalue weighted by Gasteiger charge is 2.36. The van der Waals surface area contributed by atoms with Crippen LogP contribution in [-0.2, 0) is 14.3 Å². The Hall–Kier alpha value is -3.35. The minimum Gasteiger partial charge on any atom is -0.480 e. The second-order valence-corrected chi connectivity index (χ2v) is 9.08. The van der Waals surface area contributed by atoms with Crippen molar-refractivity contribution in [3.63, 3.8) is 0 Å². The largest absolute Gasteiger partial charge is 0.480 e. The summed E-state index contributed by atoms with van der Waals surface area (Å²) in [6, 6.07) is 14.1. The fraction of sp³-hybridized carbons (Fsp3) is 0.400. The van der Waals surface area contributed by atoms with Crippen LogP contribution in [0.3, 0.4) is 0 Å². The van der Waals surface area contributed by atoms with Crippen LogP contribution in [0.1, 0.15) is 51.2 Å². The Bertz CT molecular complexity index is 966. The number of benzene rings is 2. The maximum absolute atomic E-state index is 12.7. The number of amides is 2. The second-order valence-electron chi connectivity index (χ2n) is 9.08. The molecule has 7 nitrogen and oxygen atoms in total. The summed E-state index contributed by atoms with van der Waals surface area (Å²) in [4.78, 5) is 36.7.